The quantitative estimate of drug-likeness (QED) is 0.791. The van der Waals surface area contributed by atoms with Gasteiger partial charge in [-0.3, -0.25) is 0 Å². The maximum Gasteiger partial charge on any atom is 0.0499 e. The molecule has 0 heterocycles. The van der Waals surface area contributed by atoms with Crippen LogP contribution >= 0.6 is 0 Å². The Morgan fingerprint density at radius 3 is 2.32 bits per heavy atom. The van der Waals surface area contributed by atoms with E-state index in [0.717, 1.165) is 19.5 Å². The Balaban J connectivity index is 1.89. The monoisotopic (exact) mass is 261 g/mol. The topological polar surface area (TPSA) is 32.3 Å². The van der Waals surface area contributed by atoms with E-state index in [1.165, 1.54) is 24.0 Å². The van der Waals surface area contributed by atoms with Gasteiger partial charge < -0.3 is 10.4 Å². The normalized spacial score (nSPS) is 17.5. The first-order valence-corrected chi connectivity index (χ1v) is 7.42. The van der Waals surface area contributed by atoms with Gasteiger partial charge in [0.05, 0.1) is 0 Å². The van der Waals surface area contributed by atoms with Gasteiger partial charge >= 0.3 is 0 Å². The van der Waals surface area contributed by atoms with Gasteiger partial charge in [0.25, 0.3) is 0 Å². The third-order valence-corrected chi connectivity index (χ3v) is 4.50. The molecule has 2 N–H and O–H groups in total. The number of aliphatic hydroxyl groups is 1. The van der Waals surface area contributed by atoms with Crippen molar-refractivity contribution in [3.05, 3.63) is 35.4 Å². The van der Waals surface area contributed by atoms with Gasteiger partial charge in [-0.05, 0) is 30.4 Å². The van der Waals surface area contributed by atoms with Gasteiger partial charge in [0.2, 0.25) is 0 Å². The van der Waals surface area contributed by atoms with Crippen molar-refractivity contribution in [3.8, 4) is 0 Å². The van der Waals surface area contributed by atoms with Crippen molar-refractivity contribution in [2.24, 2.45) is 5.41 Å². The zero-order valence-corrected chi connectivity index (χ0v) is 12.5. The highest BCUT2D eigenvalue weighted by molar-refractivity contribution is 5.28. The highest BCUT2D eigenvalue weighted by Crippen LogP contribution is 2.44. The molecule has 0 bridgehead atoms. The van der Waals surface area contributed by atoms with E-state index in [1.807, 2.05) is 0 Å². The molecule has 1 aromatic carbocycles. The van der Waals surface area contributed by atoms with Crippen LogP contribution in [-0.4, -0.2) is 24.8 Å². The number of aryl methyl sites for hydroxylation is 1. The van der Waals surface area contributed by atoms with Crippen molar-refractivity contribution in [2.45, 2.75) is 45.4 Å². The maximum atomic E-state index is 9.32. The van der Waals surface area contributed by atoms with Crippen LogP contribution in [0.15, 0.2) is 24.3 Å². The van der Waals surface area contributed by atoms with Crippen LogP contribution in [0.2, 0.25) is 0 Å². The van der Waals surface area contributed by atoms with E-state index in [2.05, 4.69) is 50.4 Å². The summed E-state index contributed by atoms with van der Waals surface area (Å²) in [6, 6.07) is 8.96. The van der Waals surface area contributed by atoms with E-state index in [9.17, 15) is 5.11 Å². The van der Waals surface area contributed by atoms with Crippen LogP contribution in [0.25, 0.3) is 0 Å². The molecule has 1 aliphatic carbocycles. The van der Waals surface area contributed by atoms with Crippen LogP contribution in [-0.2, 0) is 11.8 Å². The van der Waals surface area contributed by atoms with E-state index in [-0.39, 0.29) is 10.8 Å². The predicted octanol–water partition coefficient (Wildman–Crippen LogP) is 2.89. The van der Waals surface area contributed by atoms with Crippen LogP contribution in [0.3, 0.4) is 0 Å². The Labute approximate surface area is 117 Å². The third kappa shape index (κ3) is 3.58. The average molecular weight is 261 g/mol. The van der Waals surface area contributed by atoms with Crippen LogP contribution < -0.4 is 5.32 Å². The number of hydrogen-bond acceptors (Lipinski definition) is 2. The maximum absolute atomic E-state index is 9.32. The molecule has 0 aliphatic heterocycles. The molecule has 2 rings (SSSR count). The number of aliphatic hydroxyl groups excluding tert-OH is 1. The molecule has 0 spiro atoms. The van der Waals surface area contributed by atoms with E-state index < -0.39 is 0 Å². The molecule has 0 radical (unpaired) electrons. The second-order valence-electron chi connectivity index (χ2n) is 6.70. The summed E-state index contributed by atoms with van der Waals surface area (Å²) in [6.45, 7) is 8.97. The van der Waals surface area contributed by atoms with E-state index in [4.69, 9.17) is 0 Å². The molecule has 0 unspecified atom stereocenters. The molecule has 0 saturated heterocycles. The Morgan fingerprint density at radius 2 is 1.84 bits per heavy atom. The lowest BCUT2D eigenvalue weighted by Crippen LogP contribution is -2.37. The Hall–Kier alpha value is -0.860. The Kier molecular flexibility index (Phi) is 4.32. The van der Waals surface area contributed by atoms with Crippen molar-refractivity contribution in [2.75, 3.05) is 19.7 Å². The largest absolute Gasteiger partial charge is 0.396 e. The predicted molar refractivity (Wildman–Crippen MR) is 80.5 cm³/mol. The summed E-state index contributed by atoms with van der Waals surface area (Å²) in [5.41, 5.74) is 3.11. The minimum absolute atomic E-state index is 0.137. The van der Waals surface area contributed by atoms with Crippen molar-refractivity contribution in [3.63, 3.8) is 0 Å². The molecule has 106 valence electrons. The SMILES string of the molecule is CCc1ccc(C(C)(C)CNCC2(CO)CC2)cc1. The van der Waals surface area contributed by atoms with Gasteiger partial charge in [-0.25, -0.2) is 0 Å². The molecule has 1 aliphatic rings. The molecular formula is C17H27NO. The molecule has 2 heteroatoms. The third-order valence-electron chi connectivity index (χ3n) is 4.50. The molecule has 0 amide bonds. The number of hydrogen-bond donors (Lipinski definition) is 2. The molecule has 0 aromatic heterocycles. The fourth-order valence-corrected chi connectivity index (χ4v) is 2.50. The summed E-state index contributed by atoms with van der Waals surface area (Å²) in [5.74, 6) is 0. The van der Waals surface area contributed by atoms with Gasteiger partial charge in [-0.2, -0.15) is 0 Å². The molecule has 19 heavy (non-hydrogen) atoms. The van der Waals surface area contributed by atoms with E-state index in [1.54, 1.807) is 0 Å². The highest BCUT2D eigenvalue weighted by Gasteiger charge is 2.41. The fraction of sp³-hybridized carbons (Fsp3) is 0.647. The van der Waals surface area contributed by atoms with Crippen molar-refractivity contribution >= 4 is 0 Å². The van der Waals surface area contributed by atoms with E-state index in [0.29, 0.717) is 6.61 Å². The number of rotatable bonds is 7. The van der Waals surface area contributed by atoms with Crippen LogP contribution in [0.4, 0.5) is 0 Å². The minimum atomic E-state index is 0.137. The summed E-state index contributed by atoms with van der Waals surface area (Å²) in [6.07, 6.45) is 3.43. The van der Waals surface area contributed by atoms with Gasteiger partial charge in [0.1, 0.15) is 0 Å². The lowest BCUT2D eigenvalue weighted by atomic mass is 9.84. The van der Waals surface area contributed by atoms with Gasteiger partial charge in [0, 0.05) is 30.5 Å². The Bertz CT molecular complexity index is 404. The number of benzene rings is 1. The summed E-state index contributed by atoms with van der Waals surface area (Å²) in [7, 11) is 0. The van der Waals surface area contributed by atoms with Crippen LogP contribution in [0.1, 0.15) is 44.7 Å². The van der Waals surface area contributed by atoms with Crippen molar-refractivity contribution in [1.29, 1.82) is 0 Å². The Morgan fingerprint density at radius 1 is 1.21 bits per heavy atom. The zero-order valence-electron chi connectivity index (χ0n) is 12.5. The first-order chi connectivity index (χ1) is 9.01. The van der Waals surface area contributed by atoms with Gasteiger partial charge in [-0.15, -0.1) is 0 Å². The summed E-state index contributed by atoms with van der Waals surface area (Å²) in [5, 5.41) is 12.9. The zero-order chi connectivity index (χ0) is 13.9. The minimum Gasteiger partial charge on any atom is -0.396 e. The molecular weight excluding hydrogens is 234 g/mol. The molecule has 1 aromatic rings. The van der Waals surface area contributed by atoms with Gasteiger partial charge in [-0.1, -0.05) is 45.0 Å². The summed E-state index contributed by atoms with van der Waals surface area (Å²) >= 11 is 0. The first kappa shape index (κ1) is 14.5. The fourth-order valence-electron chi connectivity index (χ4n) is 2.50. The summed E-state index contributed by atoms with van der Waals surface area (Å²) < 4.78 is 0. The lowest BCUT2D eigenvalue weighted by Gasteiger charge is -2.27. The summed E-state index contributed by atoms with van der Waals surface area (Å²) in [4.78, 5) is 0. The smallest absolute Gasteiger partial charge is 0.0499 e. The standard InChI is InChI=1S/C17H27NO/c1-4-14-5-7-15(8-6-14)16(2,3)11-18-12-17(13-19)9-10-17/h5-8,18-19H,4,9-13H2,1-3H3. The molecule has 1 saturated carbocycles. The molecule has 0 atom stereocenters. The van der Waals surface area contributed by atoms with E-state index >= 15 is 0 Å². The lowest BCUT2D eigenvalue weighted by molar-refractivity contribution is 0.205. The highest BCUT2D eigenvalue weighted by atomic mass is 16.3. The van der Waals surface area contributed by atoms with Crippen LogP contribution in [0.5, 0.6) is 0 Å². The second kappa shape index (κ2) is 5.64. The van der Waals surface area contributed by atoms with Crippen molar-refractivity contribution in [1.82, 2.24) is 5.32 Å². The van der Waals surface area contributed by atoms with Crippen molar-refractivity contribution < 1.29 is 5.11 Å². The molecule has 2 nitrogen and oxygen atoms in total. The van der Waals surface area contributed by atoms with Gasteiger partial charge in [0.15, 0.2) is 0 Å². The second-order valence-corrected chi connectivity index (χ2v) is 6.70. The van der Waals surface area contributed by atoms with Crippen LogP contribution in [0, 0.1) is 5.41 Å². The number of nitrogens with one attached hydrogen (secondary N) is 1. The first-order valence-electron chi connectivity index (χ1n) is 7.42. The average Bonchev–Trinajstić information content (AvgIpc) is 3.19. The molecule has 1 fully saturated rings.